The molecule has 0 amide bonds. The Balaban J connectivity index is 1.32. The molecule has 1 aliphatic heterocycles. The van der Waals surface area contributed by atoms with Crippen molar-refractivity contribution in [2.45, 2.75) is 46.8 Å². The Kier molecular flexibility index (Phi) is 6.96. The average Bonchev–Trinajstić information content (AvgIpc) is 3.43. The van der Waals surface area contributed by atoms with Gasteiger partial charge in [-0.1, -0.05) is 18.2 Å². The lowest BCUT2D eigenvalue weighted by molar-refractivity contribution is -0.157. The third-order valence-electron chi connectivity index (χ3n) is 5.87. The molecule has 4 rings (SSSR count). The van der Waals surface area contributed by atoms with Crippen molar-refractivity contribution in [3.05, 3.63) is 58.8 Å². The zero-order valence-corrected chi connectivity index (χ0v) is 19.7. The number of hydrogen-bond donors (Lipinski definition) is 0. The lowest BCUT2D eigenvalue weighted by atomic mass is 9.82. The Labute approximate surface area is 193 Å². The fraction of sp³-hybridized carbons (Fsp3) is 0.440. The molecule has 0 spiro atoms. The van der Waals surface area contributed by atoms with E-state index < -0.39 is 5.41 Å². The predicted octanol–water partition coefficient (Wildman–Crippen LogP) is 5.46. The highest BCUT2D eigenvalue weighted by Gasteiger charge is 2.39. The lowest BCUT2D eigenvalue weighted by Crippen LogP contribution is -2.46. The number of aryl methyl sites for hydroxylation is 1. The van der Waals surface area contributed by atoms with Crippen molar-refractivity contribution in [3.8, 4) is 16.5 Å². The number of benzene rings is 1. The molecule has 0 aliphatic carbocycles. The first kappa shape index (κ1) is 22.6. The number of rotatable bonds is 8. The van der Waals surface area contributed by atoms with Crippen molar-refractivity contribution in [3.63, 3.8) is 0 Å². The SMILES string of the molecule is CCOC(=O)C1(C)CCCN(Cc2ccc(OCc3nc(-c4cccs4)oc3C)cc2)C1. The van der Waals surface area contributed by atoms with Crippen LogP contribution in [0.4, 0.5) is 0 Å². The lowest BCUT2D eigenvalue weighted by Gasteiger charge is -2.38. The van der Waals surface area contributed by atoms with Crippen LogP contribution in [0.3, 0.4) is 0 Å². The Hall–Kier alpha value is -2.64. The van der Waals surface area contributed by atoms with Crippen molar-refractivity contribution >= 4 is 17.3 Å². The van der Waals surface area contributed by atoms with Crippen LogP contribution in [0.15, 0.2) is 46.2 Å². The Morgan fingerprint density at radius 1 is 1.28 bits per heavy atom. The number of carbonyl (C=O) groups is 1. The van der Waals surface area contributed by atoms with E-state index in [1.165, 1.54) is 5.56 Å². The molecule has 170 valence electrons. The number of carbonyl (C=O) groups excluding carboxylic acids is 1. The van der Waals surface area contributed by atoms with Crippen molar-refractivity contribution in [1.29, 1.82) is 0 Å². The van der Waals surface area contributed by atoms with E-state index in [0.717, 1.165) is 54.6 Å². The summed E-state index contributed by atoms with van der Waals surface area (Å²) in [4.78, 5) is 20.3. The molecular weight excluding hydrogens is 424 g/mol. The van der Waals surface area contributed by atoms with Gasteiger partial charge in [-0.3, -0.25) is 9.69 Å². The molecule has 0 N–H and O–H groups in total. The van der Waals surface area contributed by atoms with Gasteiger partial charge in [-0.05, 0) is 69.3 Å². The average molecular weight is 455 g/mol. The van der Waals surface area contributed by atoms with E-state index in [9.17, 15) is 4.79 Å². The summed E-state index contributed by atoms with van der Waals surface area (Å²) < 4.78 is 17.0. The van der Waals surface area contributed by atoms with E-state index in [4.69, 9.17) is 13.9 Å². The molecule has 3 aromatic rings. The normalized spacial score (nSPS) is 19.1. The van der Waals surface area contributed by atoms with Crippen molar-refractivity contribution in [2.24, 2.45) is 5.41 Å². The molecule has 6 nitrogen and oxygen atoms in total. The maximum absolute atomic E-state index is 12.4. The smallest absolute Gasteiger partial charge is 0.313 e. The number of oxazole rings is 1. The maximum Gasteiger partial charge on any atom is 0.313 e. The highest BCUT2D eigenvalue weighted by Crippen LogP contribution is 2.32. The van der Waals surface area contributed by atoms with Crippen molar-refractivity contribution < 1.29 is 18.7 Å². The summed E-state index contributed by atoms with van der Waals surface area (Å²) in [5.74, 6) is 2.13. The Morgan fingerprint density at radius 3 is 2.81 bits per heavy atom. The van der Waals surface area contributed by atoms with Crippen LogP contribution in [0.1, 0.15) is 43.7 Å². The van der Waals surface area contributed by atoms with Gasteiger partial charge < -0.3 is 13.9 Å². The summed E-state index contributed by atoms with van der Waals surface area (Å²) in [5, 5.41) is 2.01. The topological polar surface area (TPSA) is 64.8 Å². The van der Waals surface area contributed by atoms with Crippen LogP contribution in [-0.4, -0.2) is 35.5 Å². The van der Waals surface area contributed by atoms with E-state index in [2.05, 4.69) is 22.0 Å². The van der Waals surface area contributed by atoms with Gasteiger partial charge in [-0.15, -0.1) is 11.3 Å². The van der Waals surface area contributed by atoms with Crippen molar-refractivity contribution in [1.82, 2.24) is 9.88 Å². The van der Waals surface area contributed by atoms with Gasteiger partial charge in [-0.2, -0.15) is 0 Å². The highest BCUT2D eigenvalue weighted by molar-refractivity contribution is 7.13. The summed E-state index contributed by atoms with van der Waals surface area (Å²) in [6.07, 6.45) is 1.88. The van der Waals surface area contributed by atoms with Gasteiger partial charge in [0.1, 0.15) is 23.8 Å². The number of piperidine rings is 1. The van der Waals surface area contributed by atoms with Gasteiger partial charge in [0.2, 0.25) is 5.89 Å². The summed E-state index contributed by atoms with van der Waals surface area (Å²) in [5.41, 5.74) is 1.58. The van der Waals surface area contributed by atoms with Gasteiger partial charge >= 0.3 is 5.97 Å². The molecule has 1 aromatic carbocycles. The first-order chi connectivity index (χ1) is 15.5. The van der Waals surface area contributed by atoms with Crippen LogP contribution >= 0.6 is 11.3 Å². The summed E-state index contributed by atoms with van der Waals surface area (Å²) in [6, 6.07) is 12.1. The molecule has 2 aromatic heterocycles. The molecule has 3 heterocycles. The zero-order chi connectivity index (χ0) is 22.6. The van der Waals surface area contributed by atoms with Gasteiger partial charge in [0, 0.05) is 13.1 Å². The van der Waals surface area contributed by atoms with Gasteiger partial charge in [0.15, 0.2) is 0 Å². The minimum Gasteiger partial charge on any atom is -0.487 e. The van der Waals surface area contributed by atoms with Crippen LogP contribution < -0.4 is 4.74 Å². The van der Waals surface area contributed by atoms with Gasteiger partial charge in [0.25, 0.3) is 0 Å². The van der Waals surface area contributed by atoms with Crippen LogP contribution in [0.5, 0.6) is 5.75 Å². The standard InChI is InChI=1S/C25H30N2O4S/c1-4-29-24(28)25(3)12-6-13-27(17-25)15-19-8-10-20(11-9-19)30-16-21-18(2)31-23(26-21)22-7-5-14-32-22/h5,7-11,14H,4,6,12-13,15-17H2,1-3H3. The van der Waals surface area contributed by atoms with E-state index in [1.807, 2.05) is 50.4 Å². The third kappa shape index (κ3) is 5.22. The second-order valence-corrected chi connectivity index (χ2v) is 9.47. The number of likely N-dealkylation sites (tertiary alicyclic amines) is 1. The fourth-order valence-electron chi connectivity index (χ4n) is 4.12. The molecule has 7 heteroatoms. The molecule has 1 aliphatic rings. The molecule has 32 heavy (non-hydrogen) atoms. The largest absolute Gasteiger partial charge is 0.487 e. The summed E-state index contributed by atoms with van der Waals surface area (Å²) in [7, 11) is 0. The predicted molar refractivity (Wildman–Crippen MR) is 125 cm³/mol. The monoisotopic (exact) mass is 454 g/mol. The molecular formula is C25H30N2O4S. The number of esters is 1. The summed E-state index contributed by atoms with van der Waals surface area (Å²) >= 11 is 1.61. The minimum absolute atomic E-state index is 0.0844. The number of ether oxygens (including phenoxy) is 2. The van der Waals surface area contributed by atoms with Crippen LogP contribution in [-0.2, 0) is 22.7 Å². The van der Waals surface area contributed by atoms with E-state index in [1.54, 1.807) is 11.3 Å². The highest BCUT2D eigenvalue weighted by atomic mass is 32.1. The van der Waals surface area contributed by atoms with E-state index >= 15 is 0 Å². The first-order valence-electron chi connectivity index (χ1n) is 11.1. The first-order valence-corrected chi connectivity index (χ1v) is 12.0. The molecule has 1 saturated heterocycles. The van der Waals surface area contributed by atoms with Crippen LogP contribution in [0, 0.1) is 12.3 Å². The fourth-order valence-corrected chi connectivity index (χ4v) is 4.77. The van der Waals surface area contributed by atoms with Crippen LogP contribution in [0.25, 0.3) is 10.8 Å². The minimum atomic E-state index is -0.422. The Morgan fingerprint density at radius 2 is 2.09 bits per heavy atom. The second-order valence-electron chi connectivity index (χ2n) is 8.53. The molecule has 1 unspecified atom stereocenters. The second kappa shape index (κ2) is 9.88. The summed E-state index contributed by atoms with van der Waals surface area (Å²) in [6.45, 7) is 9.11. The van der Waals surface area contributed by atoms with Crippen LogP contribution in [0.2, 0.25) is 0 Å². The zero-order valence-electron chi connectivity index (χ0n) is 18.9. The molecule has 1 fully saturated rings. The number of nitrogens with zero attached hydrogens (tertiary/aromatic N) is 2. The van der Waals surface area contributed by atoms with E-state index in [-0.39, 0.29) is 5.97 Å². The molecule has 1 atom stereocenters. The Bertz CT molecular complexity index is 1030. The quantitative estimate of drug-likeness (QED) is 0.421. The third-order valence-corrected chi connectivity index (χ3v) is 6.73. The molecule has 0 radical (unpaired) electrons. The number of hydrogen-bond acceptors (Lipinski definition) is 7. The number of thiophene rings is 1. The maximum atomic E-state index is 12.4. The van der Waals surface area contributed by atoms with Gasteiger partial charge in [0.05, 0.1) is 16.9 Å². The van der Waals surface area contributed by atoms with Crippen molar-refractivity contribution in [2.75, 3.05) is 19.7 Å². The van der Waals surface area contributed by atoms with Gasteiger partial charge in [-0.25, -0.2) is 4.98 Å². The van der Waals surface area contributed by atoms with E-state index in [0.29, 0.717) is 19.1 Å². The number of aromatic nitrogens is 1. The molecule has 0 saturated carbocycles. The molecule has 0 bridgehead atoms.